The zero-order valence-corrected chi connectivity index (χ0v) is 16.0. The Morgan fingerprint density at radius 3 is 2.39 bits per heavy atom. The number of nitrogens with zero attached hydrogens (tertiary/aromatic N) is 2. The molecule has 5 nitrogen and oxygen atoms in total. The third-order valence-electron chi connectivity index (χ3n) is 5.34. The van der Waals surface area contributed by atoms with Crippen LogP contribution in [0.1, 0.15) is 41.6 Å². The van der Waals surface area contributed by atoms with Gasteiger partial charge in [-0.3, -0.25) is 4.79 Å². The first-order chi connectivity index (χ1) is 13.6. The van der Waals surface area contributed by atoms with E-state index in [0.29, 0.717) is 11.3 Å². The van der Waals surface area contributed by atoms with E-state index in [1.54, 1.807) is 10.9 Å². The number of rotatable bonds is 4. The molecule has 1 heterocycles. The summed E-state index contributed by atoms with van der Waals surface area (Å²) in [5.41, 5.74) is 4.24. The number of carbonyl (C=O) groups excluding carboxylic acids is 1. The van der Waals surface area contributed by atoms with Gasteiger partial charge in [-0.25, -0.2) is 4.68 Å². The molecule has 2 aromatic carbocycles. The van der Waals surface area contributed by atoms with Gasteiger partial charge in [0.2, 0.25) is 0 Å². The van der Waals surface area contributed by atoms with E-state index in [1.165, 1.54) is 0 Å². The van der Waals surface area contributed by atoms with Crippen LogP contribution in [0, 0.1) is 6.92 Å². The first kappa shape index (κ1) is 18.4. The molecule has 1 fully saturated rings. The van der Waals surface area contributed by atoms with Crippen molar-refractivity contribution in [2.45, 2.75) is 44.8 Å². The summed E-state index contributed by atoms with van der Waals surface area (Å²) < 4.78 is 1.76. The lowest BCUT2D eigenvalue weighted by Crippen LogP contribution is -2.38. The summed E-state index contributed by atoms with van der Waals surface area (Å²) in [4.78, 5) is 13.1. The van der Waals surface area contributed by atoms with Gasteiger partial charge in [0, 0.05) is 17.8 Å². The van der Waals surface area contributed by atoms with E-state index in [1.807, 2.05) is 61.5 Å². The summed E-state index contributed by atoms with van der Waals surface area (Å²) in [5.74, 6) is -0.112. The van der Waals surface area contributed by atoms with Gasteiger partial charge < -0.3 is 10.4 Å². The van der Waals surface area contributed by atoms with Gasteiger partial charge in [0.15, 0.2) is 0 Å². The number of aliphatic hydroxyl groups is 1. The molecular formula is C23H25N3O2. The topological polar surface area (TPSA) is 67.2 Å². The van der Waals surface area contributed by atoms with Gasteiger partial charge in [-0.2, -0.15) is 5.10 Å². The van der Waals surface area contributed by atoms with Crippen molar-refractivity contribution in [1.29, 1.82) is 0 Å². The Balaban J connectivity index is 1.67. The number of benzene rings is 2. The van der Waals surface area contributed by atoms with Crippen LogP contribution >= 0.6 is 0 Å². The lowest BCUT2D eigenvalue weighted by molar-refractivity contribution is 0.0868. The van der Waals surface area contributed by atoms with Gasteiger partial charge in [0.1, 0.15) is 5.69 Å². The Morgan fingerprint density at radius 1 is 1.04 bits per heavy atom. The van der Waals surface area contributed by atoms with Crippen LogP contribution in [0.2, 0.25) is 0 Å². The third-order valence-corrected chi connectivity index (χ3v) is 5.34. The van der Waals surface area contributed by atoms with Crippen LogP contribution < -0.4 is 5.32 Å². The summed E-state index contributed by atoms with van der Waals surface area (Å²) in [6.45, 7) is 2.04. The Morgan fingerprint density at radius 2 is 1.71 bits per heavy atom. The van der Waals surface area contributed by atoms with Crippen molar-refractivity contribution in [2.24, 2.45) is 0 Å². The average molecular weight is 375 g/mol. The summed E-state index contributed by atoms with van der Waals surface area (Å²) in [6, 6.07) is 18.0. The second kappa shape index (κ2) is 7.98. The maximum absolute atomic E-state index is 13.1. The summed E-state index contributed by atoms with van der Waals surface area (Å²) in [7, 11) is 0. The molecule has 1 aliphatic rings. The second-order valence-electron chi connectivity index (χ2n) is 7.52. The molecule has 1 aliphatic carbocycles. The maximum Gasteiger partial charge on any atom is 0.255 e. The molecule has 0 bridgehead atoms. The largest absolute Gasteiger partial charge is 0.393 e. The molecule has 0 saturated heterocycles. The van der Waals surface area contributed by atoms with Gasteiger partial charge in [0.05, 0.1) is 17.4 Å². The van der Waals surface area contributed by atoms with Crippen molar-refractivity contribution < 1.29 is 9.90 Å². The predicted molar refractivity (Wildman–Crippen MR) is 109 cm³/mol. The number of nitrogens with one attached hydrogen (secondary N) is 1. The lowest BCUT2D eigenvalue weighted by atomic mass is 9.93. The van der Waals surface area contributed by atoms with E-state index < -0.39 is 0 Å². The van der Waals surface area contributed by atoms with Crippen molar-refractivity contribution in [3.8, 4) is 16.9 Å². The van der Waals surface area contributed by atoms with Gasteiger partial charge in [-0.1, -0.05) is 48.0 Å². The van der Waals surface area contributed by atoms with Crippen LogP contribution in [0.4, 0.5) is 0 Å². The van der Waals surface area contributed by atoms with Crippen LogP contribution in [-0.2, 0) is 0 Å². The molecular weight excluding hydrogens is 350 g/mol. The van der Waals surface area contributed by atoms with Crippen molar-refractivity contribution in [3.05, 3.63) is 71.9 Å². The van der Waals surface area contributed by atoms with Crippen molar-refractivity contribution in [3.63, 3.8) is 0 Å². The Hall–Kier alpha value is -2.92. The Kier molecular flexibility index (Phi) is 5.26. The minimum absolute atomic E-state index is 0.0989. The molecule has 0 atom stereocenters. The molecule has 2 N–H and O–H groups in total. The molecule has 0 unspecified atom stereocenters. The number of amides is 1. The van der Waals surface area contributed by atoms with Crippen LogP contribution in [0.5, 0.6) is 0 Å². The number of para-hydroxylation sites is 1. The average Bonchev–Trinajstić information content (AvgIpc) is 3.17. The molecule has 1 amide bonds. The second-order valence-corrected chi connectivity index (χ2v) is 7.52. The zero-order chi connectivity index (χ0) is 19.5. The Bertz CT molecular complexity index is 940. The van der Waals surface area contributed by atoms with Crippen molar-refractivity contribution in [1.82, 2.24) is 15.1 Å². The minimum atomic E-state index is -0.239. The lowest BCUT2D eigenvalue weighted by Gasteiger charge is -2.26. The van der Waals surface area contributed by atoms with Crippen molar-refractivity contribution in [2.75, 3.05) is 0 Å². The zero-order valence-electron chi connectivity index (χ0n) is 16.0. The number of aromatic nitrogens is 2. The smallest absolute Gasteiger partial charge is 0.255 e. The molecule has 144 valence electrons. The predicted octanol–water partition coefficient (Wildman–Crippen LogP) is 3.88. The molecule has 5 heteroatoms. The molecule has 4 rings (SSSR count). The number of hydrogen-bond donors (Lipinski definition) is 2. The number of carbonyl (C=O) groups is 1. The normalized spacial score (nSPS) is 19.4. The summed E-state index contributed by atoms with van der Waals surface area (Å²) in [5, 5.41) is 17.6. The molecule has 0 aliphatic heterocycles. The molecule has 1 saturated carbocycles. The van der Waals surface area contributed by atoms with Gasteiger partial charge in [-0.05, 0) is 44.7 Å². The van der Waals surface area contributed by atoms with Crippen LogP contribution in [0.15, 0.2) is 60.8 Å². The van der Waals surface area contributed by atoms with Crippen molar-refractivity contribution >= 4 is 5.91 Å². The van der Waals surface area contributed by atoms with Crippen LogP contribution in [-0.4, -0.2) is 32.9 Å². The molecule has 0 radical (unpaired) electrons. The van der Waals surface area contributed by atoms with E-state index >= 15 is 0 Å². The first-order valence-corrected chi connectivity index (χ1v) is 9.81. The number of aliphatic hydroxyl groups excluding tert-OH is 1. The van der Waals surface area contributed by atoms with E-state index in [-0.39, 0.29) is 18.1 Å². The summed E-state index contributed by atoms with van der Waals surface area (Å²) >= 11 is 0. The SMILES string of the molecule is Cc1ccc(-c2nn(-c3ccccc3)cc2C(=O)NC2CCC(O)CC2)cc1. The fourth-order valence-electron chi connectivity index (χ4n) is 3.66. The highest BCUT2D eigenvalue weighted by molar-refractivity contribution is 6.00. The van der Waals surface area contributed by atoms with E-state index in [0.717, 1.165) is 42.5 Å². The van der Waals surface area contributed by atoms with Gasteiger partial charge in [-0.15, -0.1) is 0 Å². The fraction of sp³-hybridized carbons (Fsp3) is 0.304. The highest BCUT2D eigenvalue weighted by Gasteiger charge is 2.24. The molecule has 1 aromatic heterocycles. The van der Waals surface area contributed by atoms with Gasteiger partial charge >= 0.3 is 0 Å². The standard InChI is InChI=1S/C23H25N3O2/c1-16-7-9-17(10-8-16)22-21(15-26(25-22)19-5-3-2-4-6-19)23(28)24-18-11-13-20(27)14-12-18/h2-10,15,18,20,27H,11-14H2,1H3,(H,24,28). The third kappa shape index (κ3) is 3.99. The number of aryl methyl sites for hydroxylation is 1. The van der Waals surface area contributed by atoms with E-state index in [2.05, 4.69) is 5.32 Å². The van der Waals surface area contributed by atoms with Crippen LogP contribution in [0.25, 0.3) is 16.9 Å². The van der Waals surface area contributed by atoms with Gasteiger partial charge in [0.25, 0.3) is 5.91 Å². The quantitative estimate of drug-likeness (QED) is 0.727. The minimum Gasteiger partial charge on any atom is -0.393 e. The monoisotopic (exact) mass is 375 g/mol. The first-order valence-electron chi connectivity index (χ1n) is 9.81. The van der Waals surface area contributed by atoms with E-state index in [4.69, 9.17) is 5.10 Å². The molecule has 0 spiro atoms. The maximum atomic E-state index is 13.1. The molecule has 3 aromatic rings. The van der Waals surface area contributed by atoms with E-state index in [9.17, 15) is 9.90 Å². The fourth-order valence-corrected chi connectivity index (χ4v) is 3.66. The number of hydrogen-bond acceptors (Lipinski definition) is 3. The molecule has 28 heavy (non-hydrogen) atoms. The highest BCUT2D eigenvalue weighted by atomic mass is 16.3. The Labute approximate surface area is 165 Å². The summed E-state index contributed by atoms with van der Waals surface area (Å²) in [6.07, 6.45) is 4.64. The highest BCUT2D eigenvalue weighted by Crippen LogP contribution is 2.25. The van der Waals surface area contributed by atoms with Crippen LogP contribution in [0.3, 0.4) is 0 Å².